The third-order valence-corrected chi connectivity index (χ3v) is 4.03. The second kappa shape index (κ2) is 7.25. The summed E-state index contributed by atoms with van der Waals surface area (Å²) in [4.78, 5) is 0. The lowest BCUT2D eigenvalue weighted by Crippen LogP contribution is -2.51. The maximum atomic E-state index is 10.1. The average Bonchev–Trinajstić information content (AvgIpc) is 2.45. The van der Waals surface area contributed by atoms with Gasteiger partial charge in [-0.2, -0.15) is 0 Å². The Kier molecular flexibility index (Phi) is 5.62. The van der Waals surface area contributed by atoms with Crippen LogP contribution >= 0.6 is 0 Å². The van der Waals surface area contributed by atoms with Crippen LogP contribution in [0.3, 0.4) is 0 Å². The largest absolute Gasteiger partial charge is 0.490 e. The van der Waals surface area contributed by atoms with Crippen LogP contribution in [0.2, 0.25) is 0 Å². The lowest BCUT2D eigenvalue weighted by atomic mass is 9.95. The zero-order valence-corrected chi connectivity index (χ0v) is 13.3. The summed E-state index contributed by atoms with van der Waals surface area (Å²) in [6.07, 6.45) is 1.62. The topological polar surface area (TPSA) is 50.7 Å². The molecule has 1 aromatic rings. The molecule has 0 spiro atoms. The van der Waals surface area contributed by atoms with E-state index in [4.69, 9.17) is 9.47 Å². The minimum Gasteiger partial charge on any atom is -0.490 e. The van der Waals surface area contributed by atoms with Crippen molar-refractivity contribution in [3.8, 4) is 5.75 Å². The molecule has 0 saturated carbocycles. The first-order valence-corrected chi connectivity index (χ1v) is 7.70. The van der Waals surface area contributed by atoms with E-state index < -0.39 is 6.10 Å². The highest BCUT2D eigenvalue weighted by atomic mass is 16.5. The second-order valence-corrected chi connectivity index (χ2v) is 6.28. The minimum absolute atomic E-state index is 0.0300. The van der Waals surface area contributed by atoms with Gasteiger partial charge in [0.1, 0.15) is 18.5 Å². The van der Waals surface area contributed by atoms with Gasteiger partial charge in [0.2, 0.25) is 0 Å². The van der Waals surface area contributed by atoms with Gasteiger partial charge in [0.15, 0.2) is 0 Å². The van der Waals surface area contributed by atoms with Crippen molar-refractivity contribution in [2.24, 2.45) is 0 Å². The summed E-state index contributed by atoms with van der Waals surface area (Å²) in [5.41, 5.74) is 2.17. The molecule has 1 saturated heterocycles. The van der Waals surface area contributed by atoms with Crippen LogP contribution in [0.15, 0.2) is 18.2 Å². The first-order chi connectivity index (χ1) is 10.0. The molecule has 4 heteroatoms. The molecule has 2 unspecified atom stereocenters. The Morgan fingerprint density at radius 1 is 1.38 bits per heavy atom. The van der Waals surface area contributed by atoms with Gasteiger partial charge in [0.05, 0.1) is 6.61 Å². The van der Waals surface area contributed by atoms with Crippen molar-refractivity contribution in [3.05, 3.63) is 29.3 Å². The van der Waals surface area contributed by atoms with Gasteiger partial charge in [0.25, 0.3) is 0 Å². The minimum atomic E-state index is -0.525. The Bertz CT molecular complexity index is 435. The molecule has 0 amide bonds. The van der Waals surface area contributed by atoms with Crippen LogP contribution in [0.5, 0.6) is 5.75 Å². The molecule has 1 aliphatic heterocycles. The van der Waals surface area contributed by atoms with E-state index in [-0.39, 0.29) is 5.54 Å². The molecule has 0 radical (unpaired) electrons. The molecule has 0 bridgehead atoms. The van der Waals surface area contributed by atoms with E-state index in [1.165, 1.54) is 0 Å². The molecule has 1 heterocycles. The molecule has 4 nitrogen and oxygen atoms in total. The zero-order chi connectivity index (χ0) is 15.3. The quantitative estimate of drug-likeness (QED) is 0.844. The summed E-state index contributed by atoms with van der Waals surface area (Å²) >= 11 is 0. The van der Waals surface area contributed by atoms with Gasteiger partial charge < -0.3 is 19.9 Å². The fraction of sp³-hybridized carbons (Fsp3) is 0.647. The molecular formula is C17H27NO3. The van der Waals surface area contributed by atoms with Crippen molar-refractivity contribution in [2.45, 2.75) is 45.3 Å². The highest BCUT2D eigenvalue weighted by molar-refractivity contribution is 5.39. The molecule has 1 aliphatic rings. The third kappa shape index (κ3) is 4.70. The lowest BCUT2D eigenvalue weighted by molar-refractivity contribution is 0.0183. The number of aliphatic hydroxyl groups is 1. The van der Waals surface area contributed by atoms with Crippen molar-refractivity contribution in [3.63, 3.8) is 0 Å². The first-order valence-electron chi connectivity index (χ1n) is 7.70. The molecule has 21 heavy (non-hydrogen) atoms. The second-order valence-electron chi connectivity index (χ2n) is 6.28. The van der Waals surface area contributed by atoms with Crippen LogP contribution in [0.25, 0.3) is 0 Å². The Morgan fingerprint density at radius 2 is 2.10 bits per heavy atom. The number of nitrogens with one attached hydrogen (secondary N) is 1. The van der Waals surface area contributed by atoms with E-state index in [1.807, 2.05) is 32.0 Å². The number of aliphatic hydroxyl groups excluding tert-OH is 1. The fourth-order valence-electron chi connectivity index (χ4n) is 2.70. The molecule has 0 aliphatic carbocycles. The van der Waals surface area contributed by atoms with Gasteiger partial charge >= 0.3 is 0 Å². The van der Waals surface area contributed by atoms with Crippen LogP contribution in [-0.2, 0) is 4.74 Å². The Labute approximate surface area is 127 Å². The van der Waals surface area contributed by atoms with Crippen LogP contribution in [-0.4, -0.2) is 43.1 Å². The van der Waals surface area contributed by atoms with E-state index in [1.54, 1.807) is 0 Å². The summed E-state index contributed by atoms with van der Waals surface area (Å²) in [7, 11) is 0. The fourth-order valence-corrected chi connectivity index (χ4v) is 2.70. The van der Waals surface area contributed by atoms with E-state index in [0.717, 1.165) is 36.3 Å². The summed E-state index contributed by atoms with van der Waals surface area (Å²) in [5.74, 6) is 0.878. The predicted molar refractivity (Wildman–Crippen MR) is 83.9 cm³/mol. The Balaban J connectivity index is 1.78. The summed E-state index contributed by atoms with van der Waals surface area (Å²) in [6, 6.07) is 6.06. The molecule has 118 valence electrons. The number of ether oxygens (including phenoxy) is 2. The molecule has 2 N–H and O–H groups in total. The predicted octanol–water partition coefficient (Wildman–Crippen LogP) is 2.20. The van der Waals surface area contributed by atoms with Crippen molar-refractivity contribution < 1.29 is 14.6 Å². The van der Waals surface area contributed by atoms with E-state index in [2.05, 4.69) is 12.2 Å². The van der Waals surface area contributed by atoms with Gasteiger partial charge in [-0.05, 0) is 44.7 Å². The maximum absolute atomic E-state index is 10.1. The average molecular weight is 293 g/mol. The van der Waals surface area contributed by atoms with Gasteiger partial charge in [-0.1, -0.05) is 18.2 Å². The summed E-state index contributed by atoms with van der Waals surface area (Å²) in [5, 5.41) is 13.5. The van der Waals surface area contributed by atoms with Gasteiger partial charge in [-0.15, -0.1) is 0 Å². The van der Waals surface area contributed by atoms with Gasteiger partial charge in [-0.3, -0.25) is 0 Å². The van der Waals surface area contributed by atoms with E-state index in [0.29, 0.717) is 19.8 Å². The molecular weight excluding hydrogens is 266 g/mol. The van der Waals surface area contributed by atoms with E-state index in [9.17, 15) is 5.11 Å². The third-order valence-electron chi connectivity index (χ3n) is 4.03. The molecule has 0 aromatic heterocycles. The number of rotatable bonds is 6. The number of hydrogen-bond acceptors (Lipinski definition) is 4. The highest BCUT2D eigenvalue weighted by Gasteiger charge is 2.27. The summed E-state index contributed by atoms with van der Waals surface area (Å²) in [6.45, 7) is 8.55. The summed E-state index contributed by atoms with van der Waals surface area (Å²) < 4.78 is 11.3. The number of para-hydroxylation sites is 1. The van der Waals surface area contributed by atoms with Crippen LogP contribution in [0.4, 0.5) is 0 Å². The SMILES string of the molecule is Cc1cccc(C)c1OCC(O)CNC1(C)CCCOC1. The first kappa shape index (κ1) is 16.3. The van der Waals surface area contributed by atoms with Crippen LogP contribution in [0, 0.1) is 13.8 Å². The number of benzene rings is 1. The van der Waals surface area contributed by atoms with Crippen LogP contribution < -0.4 is 10.1 Å². The van der Waals surface area contributed by atoms with Crippen molar-refractivity contribution in [1.29, 1.82) is 0 Å². The lowest BCUT2D eigenvalue weighted by Gasteiger charge is -2.35. The molecule has 2 atom stereocenters. The standard InChI is InChI=1S/C17H27NO3/c1-13-6-4-7-14(2)16(13)21-11-15(19)10-18-17(3)8-5-9-20-12-17/h4,6-7,15,18-19H,5,8-12H2,1-3H3. The number of hydrogen-bond donors (Lipinski definition) is 2. The zero-order valence-electron chi connectivity index (χ0n) is 13.3. The van der Waals surface area contributed by atoms with Crippen molar-refractivity contribution in [1.82, 2.24) is 5.32 Å². The molecule has 2 rings (SSSR count). The van der Waals surface area contributed by atoms with Crippen molar-refractivity contribution in [2.75, 3.05) is 26.4 Å². The van der Waals surface area contributed by atoms with E-state index >= 15 is 0 Å². The monoisotopic (exact) mass is 293 g/mol. The smallest absolute Gasteiger partial charge is 0.125 e. The normalized spacial score (nSPS) is 23.8. The highest BCUT2D eigenvalue weighted by Crippen LogP contribution is 2.22. The number of β-amino-alcohol motifs (C(OH)–C–C–N with tert-alkyl or cyclic N) is 1. The van der Waals surface area contributed by atoms with Gasteiger partial charge in [0, 0.05) is 18.7 Å². The van der Waals surface area contributed by atoms with Crippen molar-refractivity contribution >= 4 is 0 Å². The maximum Gasteiger partial charge on any atom is 0.125 e. The van der Waals surface area contributed by atoms with Crippen LogP contribution in [0.1, 0.15) is 30.9 Å². The Morgan fingerprint density at radius 3 is 2.71 bits per heavy atom. The Hall–Kier alpha value is -1.10. The number of aryl methyl sites for hydroxylation is 2. The molecule has 1 fully saturated rings. The van der Waals surface area contributed by atoms with Gasteiger partial charge in [-0.25, -0.2) is 0 Å². The molecule has 1 aromatic carbocycles.